The van der Waals surface area contributed by atoms with Crippen LogP contribution in [0.15, 0.2) is 36.4 Å². The second-order valence-corrected chi connectivity index (χ2v) is 5.54. The number of hydrogen-bond acceptors (Lipinski definition) is 1. The maximum atomic E-state index is 13.3. The van der Waals surface area contributed by atoms with Crippen LogP contribution in [0.4, 0.5) is 22.0 Å². The minimum atomic E-state index is -4.78. The van der Waals surface area contributed by atoms with Crippen LogP contribution in [0.5, 0.6) is 0 Å². The van der Waals surface area contributed by atoms with Crippen molar-refractivity contribution < 1.29 is 22.0 Å². The van der Waals surface area contributed by atoms with E-state index in [1.54, 1.807) is 6.07 Å². The molecule has 0 unspecified atom stereocenters. The first-order valence-corrected chi connectivity index (χ1v) is 7.12. The molecule has 0 bridgehead atoms. The van der Waals surface area contributed by atoms with Crippen molar-refractivity contribution >= 4 is 11.6 Å². The predicted molar refractivity (Wildman–Crippen MR) is 78.1 cm³/mol. The van der Waals surface area contributed by atoms with Crippen molar-refractivity contribution in [3.63, 3.8) is 0 Å². The molecule has 0 aromatic heterocycles. The third-order valence-corrected chi connectivity index (χ3v) is 3.76. The van der Waals surface area contributed by atoms with E-state index in [9.17, 15) is 22.0 Å². The molecule has 2 rings (SSSR count). The molecule has 7 heteroatoms. The van der Waals surface area contributed by atoms with Gasteiger partial charge in [-0.1, -0.05) is 23.7 Å². The van der Waals surface area contributed by atoms with Gasteiger partial charge in [-0.15, -0.1) is 0 Å². The first-order valence-electron chi connectivity index (χ1n) is 6.74. The second-order valence-electron chi connectivity index (χ2n) is 5.13. The van der Waals surface area contributed by atoms with Gasteiger partial charge in [-0.2, -0.15) is 13.2 Å². The number of alkyl halides is 3. The van der Waals surface area contributed by atoms with E-state index in [0.29, 0.717) is 18.1 Å². The lowest BCUT2D eigenvalue weighted by Crippen LogP contribution is -2.15. The molecule has 1 nitrogen and oxygen atoms in total. The maximum absolute atomic E-state index is 13.3. The monoisotopic (exact) mass is 349 g/mol. The summed E-state index contributed by atoms with van der Waals surface area (Å²) in [6, 6.07) is 6.22. The van der Waals surface area contributed by atoms with Crippen LogP contribution in [0, 0.1) is 11.6 Å². The quantitative estimate of drug-likeness (QED) is 0.748. The minimum Gasteiger partial charge on any atom is -0.324 e. The topological polar surface area (TPSA) is 26.0 Å². The van der Waals surface area contributed by atoms with Crippen LogP contribution >= 0.6 is 11.6 Å². The number of benzene rings is 2. The van der Waals surface area contributed by atoms with Crippen molar-refractivity contribution in [1.29, 1.82) is 0 Å². The largest absolute Gasteiger partial charge is 0.419 e. The number of rotatable bonds is 4. The molecule has 2 aromatic carbocycles. The molecule has 0 radical (unpaired) electrons. The minimum absolute atomic E-state index is 0.00796. The van der Waals surface area contributed by atoms with Crippen molar-refractivity contribution in [3.05, 3.63) is 69.7 Å². The lowest BCUT2D eigenvalue weighted by atomic mass is 9.98. The Labute approximate surface area is 134 Å². The average molecular weight is 350 g/mol. The van der Waals surface area contributed by atoms with Gasteiger partial charge in [-0.25, -0.2) is 8.78 Å². The van der Waals surface area contributed by atoms with E-state index >= 15 is 0 Å². The van der Waals surface area contributed by atoms with Gasteiger partial charge in [0.05, 0.1) is 10.6 Å². The first kappa shape index (κ1) is 17.7. The molecule has 0 amide bonds. The molecule has 1 atom stereocenters. The van der Waals surface area contributed by atoms with Crippen molar-refractivity contribution in [2.75, 3.05) is 0 Å². The van der Waals surface area contributed by atoms with Crippen molar-refractivity contribution in [2.45, 2.75) is 25.1 Å². The fourth-order valence-electron chi connectivity index (χ4n) is 2.17. The molecule has 0 aliphatic carbocycles. The van der Waals surface area contributed by atoms with E-state index < -0.39 is 29.4 Å². The summed E-state index contributed by atoms with van der Waals surface area (Å²) in [6.45, 7) is 0. The van der Waals surface area contributed by atoms with E-state index in [1.165, 1.54) is 18.2 Å². The standard InChI is InChI=1S/C16H13ClF5N/c17-12-4-1-9(7-14(12)19)2-6-15(23)10-3-5-13(18)11(8-10)16(20,21)22/h1,3-5,7-8,15H,2,6,23H2/t15-/m0/s1. The number of hydrogen-bond donors (Lipinski definition) is 1. The molecular formula is C16H13ClF5N. The highest BCUT2D eigenvalue weighted by molar-refractivity contribution is 6.30. The number of halogens is 6. The van der Waals surface area contributed by atoms with Gasteiger partial charge in [0, 0.05) is 6.04 Å². The molecule has 0 saturated heterocycles. The third-order valence-electron chi connectivity index (χ3n) is 3.45. The van der Waals surface area contributed by atoms with Gasteiger partial charge in [0.25, 0.3) is 0 Å². The summed E-state index contributed by atoms with van der Waals surface area (Å²) >= 11 is 5.57. The average Bonchev–Trinajstić information content (AvgIpc) is 2.47. The SMILES string of the molecule is N[C@@H](CCc1ccc(Cl)c(F)c1)c1ccc(F)c(C(F)(F)F)c1. The summed E-state index contributed by atoms with van der Waals surface area (Å²) in [5.74, 6) is -1.91. The molecule has 0 fully saturated rings. The zero-order valence-electron chi connectivity index (χ0n) is 11.8. The van der Waals surface area contributed by atoms with Gasteiger partial charge < -0.3 is 5.73 Å². The normalized spacial score (nSPS) is 13.2. The highest BCUT2D eigenvalue weighted by atomic mass is 35.5. The van der Waals surface area contributed by atoms with E-state index in [2.05, 4.69) is 0 Å². The van der Waals surface area contributed by atoms with E-state index in [1.807, 2.05) is 0 Å². The lowest BCUT2D eigenvalue weighted by molar-refractivity contribution is -0.140. The van der Waals surface area contributed by atoms with Gasteiger partial charge >= 0.3 is 6.18 Å². The summed E-state index contributed by atoms with van der Waals surface area (Å²) in [6.07, 6.45) is -4.14. The van der Waals surface area contributed by atoms with Crippen LogP contribution in [0.25, 0.3) is 0 Å². The summed E-state index contributed by atoms with van der Waals surface area (Å²) in [4.78, 5) is 0. The van der Waals surface area contributed by atoms with Crippen LogP contribution in [0.3, 0.4) is 0 Å². The molecule has 2 N–H and O–H groups in total. The number of aryl methyl sites for hydroxylation is 1. The Kier molecular flexibility index (Phi) is 5.26. The summed E-state index contributed by atoms with van der Waals surface area (Å²) in [5, 5.41) is -0.00796. The summed E-state index contributed by atoms with van der Waals surface area (Å²) in [7, 11) is 0. The van der Waals surface area contributed by atoms with Crippen molar-refractivity contribution in [3.8, 4) is 0 Å². The van der Waals surface area contributed by atoms with Crippen LogP contribution in [0.1, 0.15) is 29.2 Å². The predicted octanol–water partition coefficient (Wildman–Crippen LogP) is 5.27. The van der Waals surface area contributed by atoms with Gasteiger partial charge in [0.1, 0.15) is 11.6 Å². The molecule has 0 spiro atoms. The zero-order valence-corrected chi connectivity index (χ0v) is 12.6. The van der Waals surface area contributed by atoms with Crippen LogP contribution in [0.2, 0.25) is 5.02 Å². The Morgan fingerprint density at radius 3 is 2.30 bits per heavy atom. The van der Waals surface area contributed by atoms with Crippen LogP contribution in [-0.4, -0.2) is 0 Å². The Balaban J connectivity index is 2.11. The van der Waals surface area contributed by atoms with E-state index in [4.69, 9.17) is 17.3 Å². The maximum Gasteiger partial charge on any atom is 0.419 e. The molecule has 23 heavy (non-hydrogen) atoms. The molecule has 124 valence electrons. The smallest absolute Gasteiger partial charge is 0.324 e. The Morgan fingerprint density at radius 1 is 1.00 bits per heavy atom. The molecule has 0 aliphatic heterocycles. The Morgan fingerprint density at radius 2 is 1.70 bits per heavy atom. The Hall–Kier alpha value is -1.66. The highest BCUT2D eigenvalue weighted by Crippen LogP contribution is 2.33. The molecule has 2 aromatic rings. The van der Waals surface area contributed by atoms with Crippen LogP contribution in [-0.2, 0) is 12.6 Å². The Bertz CT molecular complexity index is 699. The molecule has 0 aliphatic rings. The fraction of sp³-hybridized carbons (Fsp3) is 0.250. The fourth-order valence-corrected chi connectivity index (χ4v) is 2.29. The van der Waals surface area contributed by atoms with Gasteiger partial charge in [0.2, 0.25) is 0 Å². The number of nitrogens with two attached hydrogens (primary N) is 1. The van der Waals surface area contributed by atoms with Crippen molar-refractivity contribution in [2.24, 2.45) is 5.73 Å². The van der Waals surface area contributed by atoms with Gasteiger partial charge in [-0.05, 0) is 48.2 Å². The van der Waals surface area contributed by atoms with E-state index in [-0.39, 0.29) is 17.0 Å². The van der Waals surface area contributed by atoms with Crippen molar-refractivity contribution in [1.82, 2.24) is 0 Å². The van der Waals surface area contributed by atoms with Gasteiger partial charge in [-0.3, -0.25) is 0 Å². The third kappa shape index (κ3) is 4.42. The molecule has 0 heterocycles. The molecular weight excluding hydrogens is 337 g/mol. The summed E-state index contributed by atoms with van der Waals surface area (Å²) in [5.41, 5.74) is 5.32. The molecule has 0 saturated carbocycles. The van der Waals surface area contributed by atoms with Crippen LogP contribution < -0.4 is 5.73 Å². The summed E-state index contributed by atoms with van der Waals surface area (Å²) < 4.78 is 64.6. The first-order chi connectivity index (χ1) is 10.7. The van der Waals surface area contributed by atoms with Gasteiger partial charge in [0.15, 0.2) is 0 Å². The second kappa shape index (κ2) is 6.84. The lowest BCUT2D eigenvalue weighted by Gasteiger charge is -2.15. The highest BCUT2D eigenvalue weighted by Gasteiger charge is 2.34. The zero-order chi connectivity index (χ0) is 17.2. The van der Waals surface area contributed by atoms with E-state index in [0.717, 1.165) is 6.07 Å².